The average molecular weight is 359 g/mol. The summed E-state index contributed by atoms with van der Waals surface area (Å²) in [5.41, 5.74) is 0.140. The molecule has 0 fully saturated rings. The Hall–Kier alpha value is -1.41. The summed E-state index contributed by atoms with van der Waals surface area (Å²) in [7, 11) is -0.749. The van der Waals surface area contributed by atoms with E-state index >= 15 is 0 Å². The molecule has 0 aliphatic carbocycles. The Morgan fingerprint density at radius 1 is 1.32 bits per heavy atom. The van der Waals surface area contributed by atoms with Crippen molar-refractivity contribution < 1.29 is 13.2 Å². The van der Waals surface area contributed by atoms with Crippen molar-refractivity contribution in [2.45, 2.75) is 11.4 Å². The van der Waals surface area contributed by atoms with Crippen molar-refractivity contribution >= 4 is 38.9 Å². The number of benzene rings is 1. The van der Waals surface area contributed by atoms with Gasteiger partial charge in [-0.3, -0.25) is 4.79 Å². The highest BCUT2D eigenvalue weighted by Gasteiger charge is 2.20. The van der Waals surface area contributed by atoms with E-state index in [0.29, 0.717) is 6.54 Å². The Morgan fingerprint density at radius 3 is 2.64 bits per heavy atom. The van der Waals surface area contributed by atoms with Crippen LogP contribution in [0, 0.1) is 0 Å². The van der Waals surface area contributed by atoms with Crippen LogP contribution in [0.4, 0.5) is 0 Å². The second-order valence-electron chi connectivity index (χ2n) is 4.69. The molecule has 0 atom stereocenters. The molecule has 1 heterocycles. The molecule has 118 valence electrons. The summed E-state index contributed by atoms with van der Waals surface area (Å²) in [5, 5.41) is 4.85. The van der Waals surface area contributed by atoms with Gasteiger partial charge in [-0.15, -0.1) is 11.3 Å². The van der Waals surface area contributed by atoms with Gasteiger partial charge in [-0.2, -0.15) is 0 Å². The lowest BCUT2D eigenvalue weighted by molar-refractivity contribution is 0.0951. The van der Waals surface area contributed by atoms with Gasteiger partial charge in [-0.25, -0.2) is 12.7 Å². The number of hydrogen-bond donors (Lipinski definition) is 1. The number of carbonyl (C=O) groups excluding carboxylic acids is 1. The van der Waals surface area contributed by atoms with Gasteiger partial charge in [0, 0.05) is 19.0 Å². The van der Waals surface area contributed by atoms with Crippen molar-refractivity contribution in [2.75, 3.05) is 14.1 Å². The lowest BCUT2D eigenvalue weighted by atomic mass is 10.2. The van der Waals surface area contributed by atoms with Crippen LogP contribution in [0.3, 0.4) is 0 Å². The van der Waals surface area contributed by atoms with E-state index < -0.39 is 15.9 Å². The predicted molar refractivity (Wildman–Crippen MR) is 87.8 cm³/mol. The molecule has 0 bridgehead atoms. The first-order valence-electron chi connectivity index (χ1n) is 6.35. The molecule has 0 unspecified atom stereocenters. The monoisotopic (exact) mass is 358 g/mol. The smallest absolute Gasteiger partial charge is 0.253 e. The number of sulfonamides is 1. The quantitative estimate of drug-likeness (QED) is 0.893. The van der Waals surface area contributed by atoms with Crippen LogP contribution in [0.15, 0.2) is 40.6 Å². The SMILES string of the molecule is CN(C)S(=O)(=O)c1ccc(Cl)c(C(=O)NCc2cccs2)c1. The number of carbonyl (C=O) groups is 1. The molecule has 0 aliphatic heterocycles. The number of halogens is 1. The zero-order valence-electron chi connectivity index (χ0n) is 12.0. The molecule has 22 heavy (non-hydrogen) atoms. The highest BCUT2D eigenvalue weighted by atomic mass is 35.5. The normalized spacial score (nSPS) is 11.6. The van der Waals surface area contributed by atoms with Crippen LogP contribution in [0.25, 0.3) is 0 Å². The molecule has 2 aromatic rings. The van der Waals surface area contributed by atoms with Gasteiger partial charge in [0.1, 0.15) is 0 Å². The molecular formula is C14H15ClN2O3S2. The maximum Gasteiger partial charge on any atom is 0.253 e. The van der Waals surface area contributed by atoms with E-state index in [-0.39, 0.29) is 15.5 Å². The zero-order chi connectivity index (χ0) is 16.3. The third-order valence-corrected chi connectivity index (χ3v) is 5.98. The van der Waals surface area contributed by atoms with Crippen LogP contribution >= 0.6 is 22.9 Å². The highest BCUT2D eigenvalue weighted by molar-refractivity contribution is 7.89. The van der Waals surface area contributed by atoms with E-state index in [1.54, 1.807) is 0 Å². The van der Waals surface area contributed by atoms with E-state index in [1.165, 1.54) is 43.6 Å². The number of amides is 1. The third-order valence-electron chi connectivity index (χ3n) is 2.96. The third kappa shape index (κ3) is 3.67. The lowest BCUT2D eigenvalue weighted by Gasteiger charge is -2.13. The van der Waals surface area contributed by atoms with Gasteiger partial charge < -0.3 is 5.32 Å². The fourth-order valence-electron chi connectivity index (χ4n) is 1.73. The van der Waals surface area contributed by atoms with Gasteiger partial charge in [0.2, 0.25) is 10.0 Å². The Labute approximate surface area is 138 Å². The minimum atomic E-state index is -3.61. The second kappa shape index (κ2) is 6.78. The fourth-order valence-corrected chi connectivity index (χ4v) is 3.50. The van der Waals surface area contributed by atoms with E-state index in [9.17, 15) is 13.2 Å². The topological polar surface area (TPSA) is 66.5 Å². The van der Waals surface area contributed by atoms with Crippen LogP contribution in [-0.2, 0) is 16.6 Å². The molecule has 5 nitrogen and oxygen atoms in total. The van der Waals surface area contributed by atoms with Crippen molar-refractivity contribution in [2.24, 2.45) is 0 Å². The highest BCUT2D eigenvalue weighted by Crippen LogP contribution is 2.22. The van der Waals surface area contributed by atoms with Crippen molar-refractivity contribution in [3.8, 4) is 0 Å². The van der Waals surface area contributed by atoms with Crippen LogP contribution < -0.4 is 5.32 Å². The van der Waals surface area contributed by atoms with Crippen molar-refractivity contribution in [1.29, 1.82) is 0 Å². The summed E-state index contributed by atoms with van der Waals surface area (Å²) < 4.78 is 25.3. The van der Waals surface area contributed by atoms with E-state index in [1.807, 2.05) is 17.5 Å². The molecule has 0 radical (unpaired) electrons. The first-order chi connectivity index (χ1) is 10.3. The van der Waals surface area contributed by atoms with Crippen molar-refractivity contribution in [3.63, 3.8) is 0 Å². The number of nitrogens with one attached hydrogen (secondary N) is 1. The van der Waals surface area contributed by atoms with Gasteiger partial charge in [-0.1, -0.05) is 17.7 Å². The van der Waals surface area contributed by atoms with Crippen LogP contribution in [-0.4, -0.2) is 32.7 Å². The van der Waals surface area contributed by atoms with E-state index in [0.717, 1.165) is 9.18 Å². The maximum absolute atomic E-state index is 12.2. The summed E-state index contributed by atoms with van der Waals surface area (Å²) in [5.74, 6) is -0.408. The summed E-state index contributed by atoms with van der Waals surface area (Å²) in [6.45, 7) is 0.373. The number of thiophene rings is 1. The Balaban J connectivity index is 2.25. The lowest BCUT2D eigenvalue weighted by Crippen LogP contribution is -2.25. The summed E-state index contributed by atoms with van der Waals surface area (Å²) in [6.07, 6.45) is 0. The molecule has 0 aliphatic rings. The summed E-state index contributed by atoms with van der Waals surface area (Å²) in [4.78, 5) is 13.2. The molecule has 8 heteroatoms. The standard InChI is InChI=1S/C14H15ClN2O3S2/c1-17(2)22(19,20)11-5-6-13(15)12(8-11)14(18)16-9-10-4-3-7-21-10/h3-8H,9H2,1-2H3,(H,16,18). The second-order valence-corrected chi connectivity index (χ2v) is 8.28. The van der Waals surface area contributed by atoms with Crippen LogP contribution in [0.2, 0.25) is 5.02 Å². The van der Waals surface area contributed by atoms with Gasteiger partial charge >= 0.3 is 0 Å². The molecule has 1 aromatic heterocycles. The summed E-state index contributed by atoms with van der Waals surface area (Å²) in [6, 6.07) is 7.88. The van der Waals surface area contributed by atoms with Crippen molar-refractivity contribution in [1.82, 2.24) is 9.62 Å². The predicted octanol–water partition coefficient (Wildman–Crippen LogP) is 2.58. The first kappa shape index (κ1) is 17.0. The molecule has 0 saturated heterocycles. The van der Waals surface area contributed by atoms with E-state index in [4.69, 9.17) is 11.6 Å². The molecular weight excluding hydrogens is 344 g/mol. The molecule has 1 amide bonds. The first-order valence-corrected chi connectivity index (χ1v) is 9.05. The van der Waals surface area contributed by atoms with Gasteiger partial charge in [0.25, 0.3) is 5.91 Å². The Bertz CT molecular complexity index is 771. The molecule has 1 N–H and O–H groups in total. The number of nitrogens with zero attached hydrogens (tertiary/aromatic N) is 1. The van der Waals surface area contributed by atoms with E-state index in [2.05, 4.69) is 5.32 Å². The summed E-state index contributed by atoms with van der Waals surface area (Å²) >= 11 is 7.54. The molecule has 0 saturated carbocycles. The average Bonchev–Trinajstić information content (AvgIpc) is 2.98. The molecule has 2 rings (SSSR count). The van der Waals surface area contributed by atoms with Gasteiger partial charge in [0.05, 0.1) is 22.0 Å². The molecule has 0 spiro atoms. The minimum Gasteiger partial charge on any atom is -0.347 e. The largest absolute Gasteiger partial charge is 0.347 e. The molecule has 1 aromatic carbocycles. The van der Waals surface area contributed by atoms with Gasteiger partial charge in [0.15, 0.2) is 0 Å². The minimum absolute atomic E-state index is 0.0307. The number of rotatable bonds is 5. The van der Waals surface area contributed by atoms with Crippen molar-refractivity contribution in [3.05, 3.63) is 51.2 Å². The Morgan fingerprint density at radius 2 is 2.05 bits per heavy atom. The number of hydrogen-bond acceptors (Lipinski definition) is 4. The van der Waals surface area contributed by atoms with Crippen LogP contribution in [0.5, 0.6) is 0 Å². The zero-order valence-corrected chi connectivity index (χ0v) is 14.4. The fraction of sp³-hybridized carbons (Fsp3) is 0.214. The van der Waals surface area contributed by atoms with Gasteiger partial charge in [-0.05, 0) is 29.6 Å². The van der Waals surface area contributed by atoms with Crippen LogP contribution in [0.1, 0.15) is 15.2 Å². The maximum atomic E-state index is 12.2. The Kier molecular flexibility index (Phi) is 5.23.